The van der Waals surface area contributed by atoms with Crippen LogP contribution in [0.15, 0.2) is 60.7 Å². The maximum absolute atomic E-state index is 11.8. The first kappa shape index (κ1) is 13.9. The molecule has 3 heteroatoms. The van der Waals surface area contributed by atoms with E-state index >= 15 is 0 Å². The number of nitrogens with one attached hydrogen (secondary N) is 1. The van der Waals surface area contributed by atoms with Gasteiger partial charge in [-0.15, -0.1) is 0 Å². The number of ether oxygens (including phenoxy) is 1. The second kappa shape index (κ2) is 7.14. The highest BCUT2D eigenvalue weighted by molar-refractivity contribution is 6.01. The fraction of sp³-hybridized carbons (Fsp3) is 0.118. The van der Waals surface area contributed by atoms with Crippen LogP contribution < -0.4 is 10.1 Å². The molecule has 0 aliphatic rings. The number of hydrogen-bond acceptors (Lipinski definition) is 2. The van der Waals surface area contributed by atoms with Gasteiger partial charge in [0.1, 0.15) is 5.75 Å². The number of hydrogen-bond donors (Lipinski definition) is 1. The van der Waals surface area contributed by atoms with Crippen LogP contribution in [-0.2, 0) is 4.79 Å². The summed E-state index contributed by atoms with van der Waals surface area (Å²) in [5.41, 5.74) is 1.74. The highest BCUT2D eigenvalue weighted by atomic mass is 16.5. The highest BCUT2D eigenvalue weighted by Gasteiger charge is 1.98. The number of anilines is 1. The number of carbonyl (C=O) groups is 1. The molecule has 1 amide bonds. The van der Waals surface area contributed by atoms with Crippen LogP contribution in [0.2, 0.25) is 0 Å². The van der Waals surface area contributed by atoms with Crippen molar-refractivity contribution >= 4 is 17.7 Å². The normalized spacial score (nSPS) is 10.4. The van der Waals surface area contributed by atoms with E-state index in [0.717, 1.165) is 17.0 Å². The zero-order chi connectivity index (χ0) is 14.2. The second-order valence-corrected chi connectivity index (χ2v) is 4.19. The van der Waals surface area contributed by atoms with Crippen LogP contribution >= 0.6 is 0 Å². The molecule has 0 aliphatic carbocycles. The molecule has 102 valence electrons. The van der Waals surface area contributed by atoms with Gasteiger partial charge in [-0.3, -0.25) is 4.79 Å². The third-order valence-corrected chi connectivity index (χ3v) is 2.66. The van der Waals surface area contributed by atoms with Crippen LogP contribution in [0.25, 0.3) is 6.08 Å². The smallest absolute Gasteiger partial charge is 0.248 e. The van der Waals surface area contributed by atoms with Crippen LogP contribution in [0.1, 0.15) is 12.5 Å². The molecule has 0 heterocycles. The summed E-state index contributed by atoms with van der Waals surface area (Å²) in [6, 6.07) is 17.0. The third kappa shape index (κ3) is 4.28. The Morgan fingerprint density at radius 3 is 2.45 bits per heavy atom. The van der Waals surface area contributed by atoms with Crippen molar-refractivity contribution in [3.05, 3.63) is 66.2 Å². The van der Waals surface area contributed by atoms with Gasteiger partial charge in [-0.2, -0.15) is 0 Å². The summed E-state index contributed by atoms with van der Waals surface area (Å²) in [6.07, 6.45) is 3.30. The Kier molecular flexibility index (Phi) is 4.95. The van der Waals surface area contributed by atoms with Gasteiger partial charge < -0.3 is 10.1 Å². The lowest BCUT2D eigenvalue weighted by atomic mass is 10.2. The SMILES string of the molecule is CCOc1ccc(NC(=O)C=Cc2ccccc2)cc1. The molecule has 0 bridgehead atoms. The van der Waals surface area contributed by atoms with Crippen molar-refractivity contribution in [2.24, 2.45) is 0 Å². The lowest BCUT2D eigenvalue weighted by Gasteiger charge is -2.05. The Balaban J connectivity index is 1.92. The number of benzene rings is 2. The molecule has 2 aromatic carbocycles. The van der Waals surface area contributed by atoms with Crippen molar-refractivity contribution < 1.29 is 9.53 Å². The summed E-state index contributed by atoms with van der Waals surface area (Å²) >= 11 is 0. The summed E-state index contributed by atoms with van der Waals surface area (Å²) in [4.78, 5) is 11.8. The van der Waals surface area contributed by atoms with Gasteiger partial charge in [0.15, 0.2) is 0 Å². The van der Waals surface area contributed by atoms with Crippen LogP contribution in [-0.4, -0.2) is 12.5 Å². The van der Waals surface area contributed by atoms with Crippen LogP contribution in [0.3, 0.4) is 0 Å². The zero-order valence-corrected chi connectivity index (χ0v) is 11.4. The number of carbonyl (C=O) groups excluding carboxylic acids is 1. The van der Waals surface area contributed by atoms with Crippen molar-refractivity contribution in [2.45, 2.75) is 6.92 Å². The average Bonchev–Trinajstić information content (AvgIpc) is 2.49. The monoisotopic (exact) mass is 267 g/mol. The van der Waals surface area contributed by atoms with Crippen molar-refractivity contribution in [2.75, 3.05) is 11.9 Å². The lowest BCUT2D eigenvalue weighted by molar-refractivity contribution is -0.111. The molecule has 0 saturated carbocycles. The van der Waals surface area contributed by atoms with Crippen LogP contribution in [0, 0.1) is 0 Å². The Morgan fingerprint density at radius 1 is 1.10 bits per heavy atom. The van der Waals surface area contributed by atoms with Gasteiger partial charge in [-0.1, -0.05) is 30.3 Å². The molecule has 2 rings (SSSR count). The van der Waals surface area contributed by atoms with E-state index in [4.69, 9.17) is 4.74 Å². The zero-order valence-electron chi connectivity index (χ0n) is 11.4. The van der Waals surface area contributed by atoms with Crippen molar-refractivity contribution in [1.29, 1.82) is 0 Å². The Hall–Kier alpha value is -2.55. The van der Waals surface area contributed by atoms with E-state index in [9.17, 15) is 4.79 Å². The van der Waals surface area contributed by atoms with E-state index in [1.54, 1.807) is 6.08 Å². The Morgan fingerprint density at radius 2 is 1.80 bits per heavy atom. The van der Waals surface area contributed by atoms with E-state index in [-0.39, 0.29) is 5.91 Å². The van der Waals surface area contributed by atoms with E-state index in [1.165, 1.54) is 6.08 Å². The first-order valence-corrected chi connectivity index (χ1v) is 6.55. The molecule has 20 heavy (non-hydrogen) atoms. The van der Waals surface area contributed by atoms with Gasteiger partial charge in [0.2, 0.25) is 5.91 Å². The van der Waals surface area contributed by atoms with E-state index in [1.807, 2.05) is 61.5 Å². The molecule has 0 aromatic heterocycles. The third-order valence-electron chi connectivity index (χ3n) is 2.66. The molecule has 0 aliphatic heterocycles. The minimum absolute atomic E-state index is 0.155. The first-order chi connectivity index (χ1) is 9.78. The molecule has 2 aromatic rings. The van der Waals surface area contributed by atoms with Gasteiger partial charge in [0.05, 0.1) is 6.61 Å². The molecule has 0 spiro atoms. The van der Waals surface area contributed by atoms with E-state index in [0.29, 0.717) is 6.61 Å². The maximum atomic E-state index is 11.8. The molecule has 0 radical (unpaired) electrons. The van der Waals surface area contributed by atoms with E-state index < -0.39 is 0 Å². The molecule has 1 N–H and O–H groups in total. The molecule has 0 fully saturated rings. The standard InChI is InChI=1S/C17H17NO2/c1-2-20-16-11-9-15(10-12-16)18-17(19)13-8-14-6-4-3-5-7-14/h3-13H,2H2,1H3,(H,18,19). The van der Waals surface area contributed by atoms with Gasteiger partial charge >= 0.3 is 0 Å². The minimum Gasteiger partial charge on any atom is -0.494 e. The summed E-state index contributed by atoms with van der Waals surface area (Å²) in [5.74, 6) is 0.642. The predicted molar refractivity (Wildman–Crippen MR) is 81.7 cm³/mol. The number of rotatable bonds is 5. The summed E-state index contributed by atoms with van der Waals surface area (Å²) < 4.78 is 5.34. The fourth-order valence-electron chi connectivity index (χ4n) is 1.72. The number of amides is 1. The predicted octanol–water partition coefficient (Wildman–Crippen LogP) is 3.74. The fourth-order valence-corrected chi connectivity index (χ4v) is 1.72. The molecule has 0 unspecified atom stereocenters. The van der Waals surface area contributed by atoms with Crippen molar-refractivity contribution in [3.63, 3.8) is 0 Å². The Labute approximate surface area is 118 Å². The molecular weight excluding hydrogens is 250 g/mol. The highest BCUT2D eigenvalue weighted by Crippen LogP contribution is 2.15. The van der Waals surface area contributed by atoms with Crippen molar-refractivity contribution in [1.82, 2.24) is 0 Å². The van der Waals surface area contributed by atoms with Gasteiger partial charge in [0, 0.05) is 11.8 Å². The molecular formula is C17H17NO2. The first-order valence-electron chi connectivity index (χ1n) is 6.55. The molecule has 0 saturated heterocycles. The quantitative estimate of drug-likeness (QED) is 0.838. The topological polar surface area (TPSA) is 38.3 Å². The van der Waals surface area contributed by atoms with Gasteiger partial charge in [-0.25, -0.2) is 0 Å². The van der Waals surface area contributed by atoms with Crippen molar-refractivity contribution in [3.8, 4) is 5.75 Å². The molecule has 0 atom stereocenters. The summed E-state index contributed by atoms with van der Waals surface area (Å²) in [6.45, 7) is 2.57. The summed E-state index contributed by atoms with van der Waals surface area (Å²) in [7, 11) is 0. The Bertz CT molecular complexity index is 574. The maximum Gasteiger partial charge on any atom is 0.248 e. The summed E-state index contributed by atoms with van der Waals surface area (Å²) in [5, 5.41) is 2.80. The second-order valence-electron chi connectivity index (χ2n) is 4.19. The largest absolute Gasteiger partial charge is 0.494 e. The lowest BCUT2D eigenvalue weighted by Crippen LogP contribution is -2.07. The average molecular weight is 267 g/mol. The van der Waals surface area contributed by atoms with Crippen LogP contribution in [0.5, 0.6) is 5.75 Å². The van der Waals surface area contributed by atoms with Gasteiger partial charge in [0.25, 0.3) is 0 Å². The van der Waals surface area contributed by atoms with Crippen LogP contribution in [0.4, 0.5) is 5.69 Å². The van der Waals surface area contributed by atoms with E-state index in [2.05, 4.69) is 5.32 Å². The minimum atomic E-state index is -0.155. The van der Waals surface area contributed by atoms with Gasteiger partial charge in [-0.05, 0) is 42.8 Å². The molecule has 3 nitrogen and oxygen atoms in total.